The Labute approximate surface area is 200 Å². The summed E-state index contributed by atoms with van der Waals surface area (Å²) in [5, 5.41) is -1.97. The number of rotatable bonds is 14. The van der Waals surface area contributed by atoms with Crippen LogP contribution in [0.4, 0.5) is 0 Å². The van der Waals surface area contributed by atoms with Crippen molar-refractivity contribution in [1.82, 2.24) is 0 Å². The predicted octanol–water partition coefficient (Wildman–Crippen LogP) is 1.27. The first-order valence-electron chi connectivity index (χ1n) is 10.4. The van der Waals surface area contributed by atoms with Crippen molar-refractivity contribution in [1.29, 1.82) is 0 Å². The van der Waals surface area contributed by atoms with Gasteiger partial charge in [0, 0.05) is 0 Å². The Kier molecular flexibility index (Phi) is 16.7. The fraction of sp³-hybridized carbons (Fsp3) is 0.900. The van der Waals surface area contributed by atoms with Crippen molar-refractivity contribution in [2.24, 2.45) is 11.8 Å². The summed E-state index contributed by atoms with van der Waals surface area (Å²) in [5.41, 5.74) is 0. The maximum atomic E-state index is 12.4. The van der Waals surface area contributed by atoms with E-state index in [9.17, 15) is 22.6 Å². The van der Waals surface area contributed by atoms with Gasteiger partial charge in [-0.2, -0.15) is 8.42 Å². The first kappa shape index (κ1) is 31.0. The van der Waals surface area contributed by atoms with Gasteiger partial charge in [-0.3, -0.25) is 14.1 Å². The minimum absolute atomic E-state index is 0. The molecule has 0 aromatic rings. The molecule has 0 saturated carbocycles. The van der Waals surface area contributed by atoms with E-state index < -0.39 is 39.8 Å². The number of esters is 2. The van der Waals surface area contributed by atoms with Crippen LogP contribution in [-0.2, 0) is 29.2 Å². The van der Waals surface area contributed by atoms with E-state index in [4.69, 9.17) is 9.47 Å². The molecule has 0 radical (unpaired) electrons. The molecule has 0 aliphatic carbocycles. The van der Waals surface area contributed by atoms with Gasteiger partial charge in [0.05, 0.1) is 6.42 Å². The Hall–Kier alpha value is -0.150. The summed E-state index contributed by atoms with van der Waals surface area (Å²) in [6, 6.07) is 0. The van der Waals surface area contributed by atoms with Crippen molar-refractivity contribution in [3.05, 3.63) is 0 Å². The molecular formula is C20H39NaO7S. The van der Waals surface area contributed by atoms with Gasteiger partial charge >= 0.3 is 41.5 Å². The van der Waals surface area contributed by atoms with Crippen LogP contribution >= 0.6 is 0 Å². The number of hydrogen-bond acceptors (Lipinski definition) is 6. The zero-order valence-electron chi connectivity index (χ0n) is 20.1. The molecule has 9 heteroatoms. The maximum absolute atomic E-state index is 12.4. The summed E-state index contributed by atoms with van der Waals surface area (Å²) in [5.74, 6) is -1.77. The van der Waals surface area contributed by atoms with Crippen LogP contribution < -0.4 is 29.6 Å². The largest absolute Gasteiger partial charge is 1.00 e. The maximum Gasteiger partial charge on any atom is 1.00 e. The van der Waals surface area contributed by atoms with E-state index in [1.54, 1.807) is 0 Å². The molecule has 29 heavy (non-hydrogen) atoms. The summed E-state index contributed by atoms with van der Waals surface area (Å²) in [7, 11) is -4.80. The van der Waals surface area contributed by atoms with E-state index in [0.29, 0.717) is 12.8 Å². The molecule has 5 atom stereocenters. The normalized spacial score (nSPS) is 16.7. The van der Waals surface area contributed by atoms with Gasteiger partial charge < -0.3 is 10.9 Å². The summed E-state index contributed by atoms with van der Waals surface area (Å²) >= 11 is 0. The Bertz CT molecular complexity index is 586. The Balaban J connectivity index is -0.00000364. The van der Waals surface area contributed by atoms with E-state index in [0.717, 1.165) is 25.7 Å². The van der Waals surface area contributed by atoms with Gasteiger partial charge in [-0.1, -0.05) is 54.4 Å². The van der Waals surface area contributed by atoms with Crippen molar-refractivity contribution >= 4 is 22.1 Å². The topological polar surface area (TPSA) is 107 Å². The van der Waals surface area contributed by atoms with Gasteiger partial charge in [0.25, 0.3) is 10.1 Å². The monoisotopic (exact) mass is 446 g/mol. The summed E-state index contributed by atoms with van der Waals surface area (Å²) in [6.07, 6.45) is 3.02. The van der Waals surface area contributed by atoms with Crippen LogP contribution in [0.2, 0.25) is 0 Å². The van der Waals surface area contributed by atoms with Gasteiger partial charge in [-0.05, 0) is 37.5 Å². The third kappa shape index (κ3) is 11.7. The minimum atomic E-state index is -4.80. The van der Waals surface area contributed by atoms with Gasteiger partial charge in [-0.15, -0.1) is 0 Å². The van der Waals surface area contributed by atoms with Crippen LogP contribution in [0.15, 0.2) is 0 Å². The van der Waals surface area contributed by atoms with Gasteiger partial charge in [-0.25, -0.2) is 0 Å². The van der Waals surface area contributed by atoms with Crippen molar-refractivity contribution < 1.29 is 63.0 Å². The smallest absolute Gasteiger partial charge is 1.00 e. The minimum Gasteiger partial charge on any atom is -1.00 e. The molecule has 0 fully saturated rings. The zero-order chi connectivity index (χ0) is 21.9. The average molecular weight is 447 g/mol. The Morgan fingerprint density at radius 1 is 0.897 bits per heavy atom. The summed E-state index contributed by atoms with van der Waals surface area (Å²) in [4.78, 5) is 24.7. The quantitative estimate of drug-likeness (QED) is 0.243. The zero-order valence-corrected chi connectivity index (χ0v) is 22.0. The molecule has 0 spiro atoms. The molecule has 0 aliphatic heterocycles. The second kappa shape index (κ2) is 15.6. The van der Waals surface area contributed by atoms with Crippen molar-refractivity contribution in [3.63, 3.8) is 0 Å². The predicted molar refractivity (Wildman–Crippen MR) is 110 cm³/mol. The summed E-state index contributed by atoms with van der Waals surface area (Å²) in [6.45, 7) is 11.6. The number of carbonyl (C=O) groups is 2. The summed E-state index contributed by atoms with van der Waals surface area (Å²) < 4.78 is 43.6. The molecule has 1 N–H and O–H groups in total. The van der Waals surface area contributed by atoms with E-state index in [1.165, 1.54) is 0 Å². The van der Waals surface area contributed by atoms with Crippen LogP contribution in [0.25, 0.3) is 0 Å². The van der Waals surface area contributed by atoms with Crippen LogP contribution in [-0.4, -0.2) is 42.4 Å². The molecule has 0 aromatic carbocycles. The molecule has 7 nitrogen and oxygen atoms in total. The third-order valence-corrected chi connectivity index (χ3v) is 6.17. The molecular weight excluding hydrogens is 407 g/mol. The van der Waals surface area contributed by atoms with Crippen LogP contribution in [0, 0.1) is 11.8 Å². The molecule has 0 aliphatic rings. The molecule has 0 saturated heterocycles. The van der Waals surface area contributed by atoms with Crippen LogP contribution in [0.1, 0.15) is 87.9 Å². The second-order valence-electron chi connectivity index (χ2n) is 7.56. The fourth-order valence-corrected chi connectivity index (χ4v) is 4.04. The van der Waals surface area contributed by atoms with Crippen molar-refractivity contribution in [3.8, 4) is 0 Å². The molecule has 0 aromatic heterocycles. The second-order valence-corrected chi connectivity index (χ2v) is 9.16. The first-order valence-corrected chi connectivity index (χ1v) is 11.9. The first-order chi connectivity index (χ1) is 13.0. The SMILES string of the molecule is CCCC(C)C(CC)OC(=O)CC(C(=O)OC(CC)C(C)CCC)S(=O)(=O)O.[H-].[Na+]. The molecule has 0 heterocycles. The van der Waals surface area contributed by atoms with E-state index in [-0.39, 0.29) is 48.9 Å². The van der Waals surface area contributed by atoms with Crippen LogP contribution in [0.5, 0.6) is 0 Å². The van der Waals surface area contributed by atoms with E-state index >= 15 is 0 Å². The molecule has 0 bridgehead atoms. The number of carbonyl (C=O) groups excluding carboxylic acids is 2. The van der Waals surface area contributed by atoms with Crippen LogP contribution in [0.3, 0.4) is 0 Å². The molecule has 0 rings (SSSR count). The number of hydrogen-bond donors (Lipinski definition) is 1. The Morgan fingerprint density at radius 3 is 1.66 bits per heavy atom. The van der Waals surface area contributed by atoms with Crippen molar-refractivity contribution in [2.75, 3.05) is 0 Å². The third-order valence-electron chi connectivity index (χ3n) is 5.09. The Morgan fingerprint density at radius 2 is 1.31 bits per heavy atom. The van der Waals surface area contributed by atoms with Gasteiger partial charge in [0.2, 0.25) is 0 Å². The number of ether oxygens (including phenoxy) is 2. The van der Waals surface area contributed by atoms with E-state index in [2.05, 4.69) is 0 Å². The standard InChI is InChI=1S/C20H38O7S.Na.H/c1-7-11-14(5)16(9-3)26-19(21)13-18(28(23,24)25)20(22)27-17(10-4)15(6)12-8-2;;/h14-18H,7-13H2,1-6H3,(H,23,24,25);;/q;+1;-1. The van der Waals surface area contributed by atoms with Gasteiger partial charge in [0.1, 0.15) is 12.2 Å². The average Bonchev–Trinajstić information content (AvgIpc) is 2.61. The molecule has 0 amide bonds. The van der Waals surface area contributed by atoms with Gasteiger partial charge in [0.15, 0.2) is 5.25 Å². The molecule has 5 unspecified atom stereocenters. The molecule has 168 valence electrons. The fourth-order valence-electron chi connectivity index (χ4n) is 3.39. The van der Waals surface area contributed by atoms with E-state index in [1.807, 2.05) is 41.5 Å². The van der Waals surface area contributed by atoms with Crippen molar-refractivity contribution in [2.45, 2.75) is 104 Å².